The van der Waals surface area contributed by atoms with E-state index >= 15 is 0 Å². The molecule has 72 valence electrons. The Morgan fingerprint density at radius 1 is 1.23 bits per heavy atom. The van der Waals surface area contributed by atoms with Crippen LogP contribution in [0.1, 0.15) is 12.8 Å². The van der Waals surface area contributed by atoms with Gasteiger partial charge in [-0.25, -0.2) is 8.78 Å². The van der Waals surface area contributed by atoms with Crippen molar-refractivity contribution in [1.82, 2.24) is 5.32 Å². The van der Waals surface area contributed by atoms with Gasteiger partial charge in [-0.2, -0.15) is 0 Å². The summed E-state index contributed by atoms with van der Waals surface area (Å²) in [6.45, 7) is 0. The summed E-state index contributed by atoms with van der Waals surface area (Å²) in [7, 11) is 0. The fourth-order valence-corrected chi connectivity index (χ4v) is 2.00. The van der Waals surface area contributed by atoms with Gasteiger partial charge in [-0.1, -0.05) is 0 Å². The van der Waals surface area contributed by atoms with E-state index in [0.717, 1.165) is 0 Å². The first kappa shape index (κ1) is 8.59. The number of alkyl halides is 2. The average Bonchev–Trinajstić information content (AvgIpc) is 2.37. The molecule has 2 aliphatic rings. The first-order valence-corrected chi connectivity index (χ1v) is 4.24. The number of hydrogen-bond acceptors (Lipinski definition) is 2. The van der Waals surface area contributed by atoms with Gasteiger partial charge in [0.15, 0.2) is 0 Å². The zero-order valence-corrected chi connectivity index (χ0v) is 6.80. The minimum absolute atomic E-state index is 0.0793. The Bertz CT molecular complexity index is 269. The quantitative estimate of drug-likeness (QED) is 0.551. The first-order valence-electron chi connectivity index (χ1n) is 4.24. The molecule has 0 radical (unpaired) electrons. The molecule has 0 aromatic carbocycles. The molecule has 0 aromatic heterocycles. The molecule has 2 rings (SSSR count). The lowest BCUT2D eigenvalue weighted by molar-refractivity contribution is -0.138. The Hall–Kier alpha value is -1.00. The van der Waals surface area contributed by atoms with Crippen LogP contribution in [0, 0.1) is 5.92 Å². The molecule has 1 aliphatic heterocycles. The van der Waals surface area contributed by atoms with Crippen LogP contribution >= 0.6 is 0 Å². The predicted octanol–water partition coefficient (Wildman–Crippen LogP) is 0.140. The molecule has 0 aromatic rings. The number of ketones is 1. The van der Waals surface area contributed by atoms with E-state index in [9.17, 15) is 18.4 Å². The summed E-state index contributed by atoms with van der Waals surface area (Å²) in [6.07, 6.45) is -2.98. The molecule has 3 nitrogen and oxygen atoms in total. The number of Topliss-reactive ketones (excluding diaryl/α,β-unsaturated/α-hetero) is 1. The lowest BCUT2D eigenvalue weighted by Crippen LogP contribution is -2.43. The summed E-state index contributed by atoms with van der Waals surface area (Å²) in [4.78, 5) is 21.9. The summed E-state index contributed by atoms with van der Waals surface area (Å²) in [6, 6.07) is -0.484. The number of nitrogens with one attached hydrogen (secondary N) is 1. The van der Waals surface area contributed by atoms with Crippen LogP contribution in [0.2, 0.25) is 0 Å². The van der Waals surface area contributed by atoms with Crippen LogP contribution in [0.5, 0.6) is 0 Å². The van der Waals surface area contributed by atoms with E-state index in [1.165, 1.54) is 0 Å². The smallest absolute Gasteiger partial charge is 0.288 e. The van der Waals surface area contributed by atoms with Crippen molar-refractivity contribution >= 4 is 11.7 Å². The first-order chi connectivity index (χ1) is 6.11. The lowest BCUT2D eigenvalue weighted by Gasteiger charge is -2.28. The molecule has 1 aliphatic carbocycles. The molecule has 1 N–H and O–H groups in total. The summed E-state index contributed by atoms with van der Waals surface area (Å²) in [5, 5.41) is 2.36. The molecule has 5 heteroatoms. The van der Waals surface area contributed by atoms with Crippen molar-refractivity contribution in [3.8, 4) is 0 Å². The van der Waals surface area contributed by atoms with Gasteiger partial charge in [0.1, 0.15) is 12.3 Å². The summed E-state index contributed by atoms with van der Waals surface area (Å²) in [5.41, 5.74) is 0. The van der Waals surface area contributed by atoms with Crippen molar-refractivity contribution in [2.75, 3.05) is 0 Å². The SMILES string of the molecule is O=C1NC2CCC(F)C(F)C2C1=O. The zero-order chi connectivity index (χ0) is 9.59. The maximum Gasteiger partial charge on any atom is 0.288 e. The van der Waals surface area contributed by atoms with Crippen molar-refractivity contribution in [3.05, 3.63) is 0 Å². The number of halogens is 2. The van der Waals surface area contributed by atoms with E-state index < -0.39 is 36.0 Å². The summed E-state index contributed by atoms with van der Waals surface area (Å²) < 4.78 is 26.0. The second-order valence-electron chi connectivity index (χ2n) is 3.51. The predicted molar refractivity (Wildman–Crippen MR) is 39.5 cm³/mol. The van der Waals surface area contributed by atoms with Gasteiger partial charge in [0.2, 0.25) is 5.78 Å². The largest absolute Gasteiger partial charge is 0.346 e. The third-order valence-electron chi connectivity index (χ3n) is 2.72. The fraction of sp³-hybridized carbons (Fsp3) is 0.750. The maximum absolute atomic E-state index is 13.2. The van der Waals surface area contributed by atoms with Gasteiger partial charge in [-0.3, -0.25) is 9.59 Å². The van der Waals surface area contributed by atoms with Crippen LogP contribution in [0.4, 0.5) is 8.78 Å². The van der Waals surface area contributed by atoms with E-state index in [-0.39, 0.29) is 6.42 Å². The maximum atomic E-state index is 13.2. The molecule has 4 unspecified atom stereocenters. The molecule has 1 heterocycles. The van der Waals surface area contributed by atoms with Gasteiger partial charge in [0.25, 0.3) is 5.91 Å². The van der Waals surface area contributed by atoms with Gasteiger partial charge < -0.3 is 5.32 Å². The van der Waals surface area contributed by atoms with Crippen LogP contribution in [0.25, 0.3) is 0 Å². The Kier molecular flexibility index (Phi) is 1.82. The molecular weight excluding hydrogens is 180 g/mol. The van der Waals surface area contributed by atoms with Crippen LogP contribution in [0.15, 0.2) is 0 Å². The zero-order valence-electron chi connectivity index (χ0n) is 6.80. The highest BCUT2D eigenvalue weighted by Crippen LogP contribution is 2.33. The van der Waals surface area contributed by atoms with Crippen LogP contribution in [0.3, 0.4) is 0 Å². The number of carbonyl (C=O) groups is 2. The van der Waals surface area contributed by atoms with Crippen molar-refractivity contribution in [2.45, 2.75) is 31.2 Å². The third kappa shape index (κ3) is 1.14. The van der Waals surface area contributed by atoms with E-state index in [1.807, 2.05) is 0 Å². The van der Waals surface area contributed by atoms with Gasteiger partial charge in [0, 0.05) is 6.04 Å². The summed E-state index contributed by atoms with van der Waals surface area (Å²) in [5.74, 6) is -2.66. The minimum atomic E-state index is -1.81. The molecule has 0 spiro atoms. The van der Waals surface area contributed by atoms with Crippen molar-refractivity contribution < 1.29 is 18.4 Å². The second kappa shape index (κ2) is 2.75. The third-order valence-corrected chi connectivity index (χ3v) is 2.72. The molecule has 1 saturated heterocycles. The Morgan fingerprint density at radius 2 is 1.92 bits per heavy atom. The Morgan fingerprint density at radius 3 is 2.62 bits per heavy atom. The van der Waals surface area contributed by atoms with Gasteiger partial charge in [-0.05, 0) is 12.8 Å². The summed E-state index contributed by atoms with van der Waals surface area (Å²) >= 11 is 0. The van der Waals surface area contributed by atoms with E-state index in [0.29, 0.717) is 6.42 Å². The number of fused-ring (bicyclic) bond motifs is 1. The molecule has 0 bridgehead atoms. The molecule has 1 saturated carbocycles. The van der Waals surface area contributed by atoms with Gasteiger partial charge >= 0.3 is 0 Å². The number of carbonyl (C=O) groups excluding carboxylic acids is 2. The number of rotatable bonds is 0. The van der Waals surface area contributed by atoms with Crippen molar-refractivity contribution in [3.63, 3.8) is 0 Å². The van der Waals surface area contributed by atoms with Crippen molar-refractivity contribution in [2.24, 2.45) is 5.92 Å². The molecule has 13 heavy (non-hydrogen) atoms. The fourth-order valence-electron chi connectivity index (χ4n) is 2.00. The molecular formula is C8H9F2NO2. The van der Waals surface area contributed by atoms with Crippen LogP contribution in [-0.2, 0) is 9.59 Å². The van der Waals surface area contributed by atoms with Crippen LogP contribution in [-0.4, -0.2) is 30.1 Å². The normalized spacial score (nSPS) is 44.5. The molecule has 2 fully saturated rings. The highest BCUT2D eigenvalue weighted by Gasteiger charge is 2.51. The molecule has 1 amide bonds. The van der Waals surface area contributed by atoms with E-state index in [1.54, 1.807) is 0 Å². The molecule has 4 atom stereocenters. The second-order valence-corrected chi connectivity index (χ2v) is 3.51. The highest BCUT2D eigenvalue weighted by molar-refractivity contribution is 6.39. The Balaban J connectivity index is 2.24. The average molecular weight is 189 g/mol. The number of amides is 1. The monoisotopic (exact) mass is 189 g/mol. The topological polar surface area (TPSA) is 46.2 Å². The minimum Gasteiger partial charge on any atom is -0.346 e. The van der Waals surface area contributed by atoms with Crippen molar-refractivity contribution in [1.29, 1.82) is 0 Å². The van der Waals surface area contributed by atoms with E-state index in [2.05, 4.69) is 5.32 Å². The Labute approximate surface area is 73.5 Å². The van der Waals surface area contributed by atoms with E-state index in [4.69, 9.17) is 0 Å². The highest BCUT2D eigenvalue weighted by atomic mass is 19.2. The van der Waals surface area contributed by atoms with Gasteiger partial charge in [-0.15, -0.1) is 0 Å². The lowest BCUT2D eigenvalue weighted by atomic mass is 9.82. The van der Waals surface area contributed by atoms with Crippen LogP contribution < -0.4 is 5.32 Å². The standard InChI is InChI=1S/C8H9F2NO2/c9-3-1-2-4-5(6(3)10)7(12)8(13)11-4/h3-6H,1-2H2,(H,11,13). The number of hydrogen-bond donors (Lipinski definition) is 1. The van der Waals surface area contributed by atoms with Gasteiger partial charge in [0.05, 0.1) is 5.92 Å².